The maximum atomic E-state index is 5.65. The maximum absolute atomic E-state index is 5.65. The Bertz CT molecular complexity index is 389. The predicted octanol–water partition coefficient (Wildman–Crippen LogP) is 3.25. The summed E-state index contributed by atoms with van der Waals surface area (Å²) in [6.45, 7) is 3.82. The molecule has 1 saturated carbocycles. The van der Waals surface area contributed by atoms with Crippen LogP contribution in [0.3, 0.4) is 0 Å². The van der Waals surface area contributed by atoms with E-state index < -0.39 is 0 Å². The van der Waals surface area contributed by atoms with Gasteiger partial charge < -0.3 is 10.6 Å². The molecule has 3 nitrogen and oxygen atoms in total. The molecule has 18 heavy (non-hydrogen) atoms. The Hall–Kier alpha value is -0.610. The summed E-state index contributed by atoms with van der Waals surface area (Å²) in [6, 6.07) is 4.87. The van der Waals surface area contributed by atoms with Crippen molar-refractivity contribution in [2.75, 3.05) is 18.0 Å². The van der Waals surface area contributed by atoms with Crippen molar-refractivity contribution in [3.8, 4) is 0 Å². The summed E-state index contributed by atoms with van der Waals surface area (Å²) in [5.41, 5.74) is 6.71. The topological polar surface area (TPSA) is 42.2 Å². The quantitative estimate of drug-likeness (QED) is 0.907. The van der Waals surface area contributed by atoms with Gasteiger partial charge in [-0.05, 0) is 60.8 Å². The summed E-state index contributed by atoms with van der Waals surface area (Å²) < 4.78 is 1.08. The Morgan fingerprint density at radius 1 is 1.39 bits per heavy atom. The van der Waals surface area contributed by atoms with Gasteiger partial charge in [0.1, 0.15) is 5.82 Å². The molecule has 0 bridgehead atoms. The minimum Gasteiger partial charge on any atom is -0.354 e. The number of rotatable bonds is 5. The number of anilines is 1. The predicted molar refractivity (Wildman–Crippen MR) is 79.9 cm³/mol. The Morgan fingerprint density at radius 3 is 2.72 bits per heavy atom. The average Bonchev–Trinajstić information content (AvgIpc) is 2.88. The molecule has 0 spiro atoms. The highest BCUT2D eigenvalue weighted by Crippen LogP contribution is 2.28. The highest BCUT2D eigenvalue weighted by atomic mass is 79.9. The molecule has 1 fully saturated rings. The van der Waals surface area contributed by atoms with E-state index in [1.165, 1.54) is 25.7 Å². The second-order valence-corrected chi connectivity index (χ2v) is 5.86. The molecular weight excluding hydrogens is 290 g/mol. The molecule has 0 radical (unpaired) electrons. The van der Waals surface area contributed by atoms with Gasteiger partial charge in [0.25, 0.3) is 0 Å². The third-order valence-corrected chi connectivity index (χ3v) is 4.51. The molecule has 1 aromatic heterocycles. The van der Waals surface area contributed by atoms with Crippen LogP contribution in [-0.4, -0.2) is 24.1 Å². The lowest BCUT2D eigenvalue weighted by Gasteiger charge is -2.30. The summed E-state index contributed by atoms with van der Waals surface area (Å²) in [7, 11) is 0. The molecule has 2 N–H and O–H groups in total. The van der Waals surface area contributed by atoms with Crippen LogP contribution in [0.5, 0.6) is 0 Å². The van der Waals surface area contributed by atoms with Crippen LogP contribution in [0.2, 0.25) is 0 Å². The van der Waals surface area contributed by atoms with E-state index >= 15 is 0 Å². The van der Waals surface area contributed by atoms with Gasteiger partial charge in [-0.15, -0.1) is 0 Å². The molecule has 0 aromatic carbocycles. The number of hydrogen-bond acceptors (Lipinski definition) is 3. The average molecular weight is 312 g/mol. The zero-order valence-corrected chi connectivity index (χ0v) is 12.6. The molecule has 0 saturated heterocycles. The first-order valence-electron chi connectivity index (χ1n) is 6.82. The van der Waals surface area contributed by atoms with E-state index in [4.69, 9.17) is 10.7 Å². The molecule has 1 heterocycles. The molecule has 0 atom stereocenters. The van der Waals surface area contributed by atoms with Crippen molar-refractivity contribution in [3.05, 3.63) is 22.3 Å². The third kappa shape index (κ3) is 3.23. The van der Waals surface area contributed by atoms with Crippen molar-refractivity contribution in [2.24, 2.45) is 5.73 Å². The number of pyridine rings is 1. The lowest BCUT2D eigenvalue weighted by molar-refractivity contribution is 0.586. The Morgan fingerprint density at radius 2 is 2.11 bits per heavy atom. The van der Waals surface area contributed by atoms with Crippen LogP contribution in [0.15, 0.2) is 16.6 Å². The molecule has 100 valence electrons. The van der Waals surface area contributed by atoms with Crippen LogP contribution in [-0.2, 0) is 0 Å². The Balaban J connectivity index is 2.17. The van der Waals surface area contributed by atoms with E-state index in [2.05, 4.69) is 33.0 Å². The molecule has 1 aliphatic carbocycles. The van der Waals surface area contributed by atoms with Crippen molar-refractivity contribution < 1.29 is 0 Å². The van der Waals surface area contributed by atoms with Gasteiger partial charge in [0.15, 0.2) is 0 Å². The van der Waals surface area contributed by atoms with Gasteiger partial charge in [-0.25, -0.2) is 4.98 Å². The first-order chi connectivity index (χ1) is 8.72. The van der Waals surface area contributed by atoms with E-state index in [1.54, 1.807) is 0 Å². The second-order valence-electron chi connectivity index (χ2n) is 5.01. The summed E-state index contributed by atoms with van der Waals surface area (Å²) in [5, 5.41) is 0. The second kappa shape index (κ2) is 6.53. The molecular formula is C14H22BrN3. The zero-order chi connectivity index (χ0) is 13.0. The molecule has 2 rings (SSSR count). The van der Waals surface area contributed by atoms with Gasteiger partial charge in [0.05, 0.1) is 5.69 Å². The van der Waals surface area contributed by atoms with Crippen LogP contribution < -0.4 is 10.6 Å². The Kier molecular flexibility index (Phi) is 5.01. The molecule has 1 aliphatic rings. The minimum absolute atomic E-state index is 0.657. The maximum Gasteiger partial charge on any atom is 0.129 e. The number of halogens is 1. The Labute approximate surface area is 118 Å². The standard InChI is InChI=1S/C14H22BrN3/c1-11-13(15)7-8-14(17-11)18(10-4-9-16)12-5-2-3-6-12/h7-8,12H,2-6,9-10,16H2,1H3. The van der Waals surface area contributed by atoms with Crippen molar-refractivity contribution in [2.45, 2.75) is 45.1 Å². The number of aromatic nitrogens is 1. The van der Waals surface area contributed by atoms with E-state index in [9.17, 15) is 0 Å². The number of aryl methyl sites for hydroxylation is 1. The fraction of sp³-hybridized carbons (Fsp3) is 0.643. The van der Waals surface area contributed by atoms with Crippen LogP contribution in [0.4, 0.5) is 5.82 Å². The minimum atomic E-state index is 0.657. The lowest BCUT2D eigenvalue weighted by Crippen LogP contribution is -2.35. The van der Waals surface area contributed by atoms with Gasteiger partial charge >= 0.3 is 0 Å². The van der Waals surface area contributed by atoms with Gasteiger partial charge in [0.2, 0.25) is 0 Å². The summed E-state index contributed by atoms with van der Waals surface area (Å²) >= 11 is 3.51. The lowest BCUT2D eigenvalue weighted by atomic mass is 10.2. The highest BCUT2D eigenvalue weighted by molar-refractivity contribution is 9.10. The first-order valence-corrected chi connectivity index (χ1v) is 7.61. The number of hydrogen-bond donors (Lipinski definition) is 1. The van der Waals surface area contributed by atoms with E-state index in [0.717, 1.165) is 35.5 Å². The van der Waals surface area contributed by atoms with Crippen LogP contribution in [0, 0.1) is 6.92 Å². The van der Waals surface area contributed by atoms with Crippen LogP contribution in [0.1, 0.15) is 37.8 Å². The monoisotopic (exact) mass is 311 g/mol. The van der Waals surface area contributed by atoms with Gasteiger partial charge in [-0.3, -0.25) is 0 Å². The van der Waals surface area contributed by atoms with Crippen LogP contribution >= 0.6 is 15.9 Å². The van der Waals surface area contributed by atoms with Crippen LogP contribution in [0.25, 0.3) is 0 Å². The largest absolute Gasteiger partial charge is 0.354 e. The van der Waals surface area contributed by atoms with Crippen molar-refractivity contribution >= 4 is 21.7 Å². The number of nitrogens with two attached hydrogens (primary N) is 1. The molecule has 0 aliphatic heterocycles. The van der Waals surface area contributed by atoms with Gasteiger partial charge in [0, 0.05) is 17.1 Å². The third-order valence-electron chi connectivity index (χ3n) is 3.67. The number of nitrogens with zero attached hydrogens (tertiary/aromatic N) is 2. The van der Waals surface area contributed by atoms with Crippen molar-refractivity contribution in [1.29, 1.82) is 0 Å². The molecule has 1 aromatic rings. The SMILES string of the molecule is Cc1nc(N(CCCN)C2CCCC2)ccc1Br. The van der Waals surface area contributed by atoms with Crippen molar-refractivity contribution in [1.82, 2.24) is 4.98 Å². The molecule has 0 unspecified atom stereocenters. The normalized spacial score (nSPS) is 16.2. The molecule has 0 amide bonds. The van der Waals surface area contributed by atoms with E-state index in [1.807, 2.05) is 6.92 Å². The fourth-order valence-corrected chi connectivity index (χ4v) is 2.87. The summed E-state index contributed by atoms with van der Waals surface area (Å²) in [5.74, 6) is 1.11. The van der Waals surface area contributed by atoms with Gasteiger partial charge in [-0.2, -0.15) is 0 Å². The zero-order valence-electron chi connectivity index (χ0n) is 11.0. The molecule has 4 heteroatoms. The van der Waals surface area contributed by atoms with E-state index in [-0.39, 0.29) is 0 Å². The van der Waals surface area contributed by atoms with E-state index in [0.29, 0.717) is 6.04 Å². The fourth-order valence-electron chi connectivity index (χ4n) is 2.65. The smallest absolute Gasteiger partial charge is 0.129 e. The summed E-state index contributed by atoms with van der Waals surface area (Å²) in [4.78, 5) is 7.17. The van der Waals surface area contributed by atoms with Crippen molar-refractivity contribution in [3.63, 3.8) is 0 Å². The van der Waals surface area contributed by atoms with Gasteiger partial charge in [-0.1, -0.05) is 12.8 Å². The first kappa shape index (κ1) is 13.8. The summed E-state index contributed by atoms with van der Waals surface area (Å²) in [6.07, 6.45) is 6.31. The highest BCUT2D eigenvalue weighted by Gasteiger charge is 2.23.